The maximum absolute atomic E-state index is 13.4. The van der Waals surface area contributed by atoms with Crippen molar-refractivity contribution in [2.24, 2.45) is 5.92 Å². The number of quaternary nitrogens is 1. The third-order valence-corrected chi connectivity index (χ3v) is 5.89. The van der Waals surface area contributed by atoms with Crippen molar-refractivity contribution in [1.82, 2.24) is 10.6 Å². The van der Waals surface area contributed by atoms with Crippen molar-refractivity contribution >= 4 is 23.3 Å². The van der Waals surface area contributed by atoms with Crippen LogP contribution in [0.1, 0.15) is 37.8 Å². The molecule has 0 saturated heterocycles. The molecule has 3 N–H and O–H groups in total. The second-order valence-corrected chi connectivity index (χ2v) is 8.77. The van der Waals surface area contributed by atoms with Gasteiger partial charge in [0.15, 0.2) is 0 Å². The number of carbonyl (C=O) groups excluding carboxylic acids is 3. The van der Waals surface area contributed by atoms with E-state index in [0.717, 1.165) is 12.1 Å². The van der Waals surface area contributed by atoms with Gasteiger partial charge in [0.1, 0.15) is 17.7 Å². The lowest BCUT2D eigenvalue weighted by Gasteiger charge is -2.36. The van der Waals surface area contributed by atoms with E-state index in [1.807, 2.05) is 0 Å². The highest BCUT2D eigenvalue weighted by atomic mass is 19.1. The minimum absolute atomic E-state index is 0.111. The topological polar surface area (TPSA) is 106 Å². The summed E-state index contributed by atoms with van der Waals surface area (Å²) < 4.78 is 26.8. The molecule has 1 aliphatic heterocycles. The highest BCUT2D eigenvalue weighted by Gasteiger charge is 2.40. The number of nitrogens with one attached hydrogen (secondary N) is 3. The summed E-state index contributed by atoms with van der Waals surface area (Å²) in [6, 6.07) is 8.71. The van der Waals surface area contributed by atoms with Gasteiger partial charge < -0.3 is 10.5 Å². The minimum atomic E-state index is -1.42. The normalized spacial score (nSPS) is 21.0. The van der Waals surface area contributed by atoms with Gasteiger partial charge in [-0.3, -0.25) is 19.7 Å². The molecule has 2 aromatic rings. The predicted molar refractivity (Wildman–Crippen MR) is 121 cm³/mol. The molecule has 0 spiro atoms. The van der Waals surface area contributed by atoms with Crippen LogP contribution in [0.25, 0.3) is 0 Å². The number of hydrogen-bond acceptors (Lipinski definition) is 5. The first-order valence-corrected chi connectivity index (χ1v) is 10.9. The van der Waals surface area contributed by atoms with Crippen LogP contribution >= 0.6 is 0 Å². The summed E-state index contributed by atoms with van der Waals surface area (Å²) in [7, 11) is 1.53. The fourth-order valence-electron chi connectivity index (χ4n) is 4.02. The van der Waals surface area contributed by atoms with Crippen molar-refractivity contribution in [3.05, 3.63) is 70.4 Å². The van der Waals surface area contributed by atoms with Gasteiger partial charge in [0, 0.05) is 6.07 Å². The van der Waals surface area contributed by atoms with Gasteiger partial charge in [-0.25, -0.2) is 19.0 Å². The van der Waals surface area contributed by atoms with Crippen LogP contribution in [0.5, 0.6) is 0 Å². The van der Waals surface area contributed by atoms with Crippen LogP contribution in [-0.2, 0) is 20.8 Å². The number of ketones is 1. The van der Waals surface area contributed by atoms with E-state index in [1.54, 1.807) is 45.0 Å². The number of nitrogens with zero attached hydrogens (tertiary/aromatic N) is 1. The fraction of sp³-hybridized carbons (Fsp3) is 0.375. The Morgan fingerprint density at radius 3 is 2.38 bits per heavy atom. The Hall–Kier alpha value is -3.37. The summed E-state index contributed by atoms with van der Waals surface area (Å²) in [4.78, 5) is 38.7. The monoisotopic (exact) mass is 474 g/mol. The molecular weight excluding hydrogens is 446 g/mol. The summed E-state index contributed by atoms with van der Waals surface area (Å²) in [6.45, 7) is 5.05. The van der Waals surface area contributed by atoms with Crippen LogP contribution in [-0.4, -0.2) is 36.9 Å². The molecule has 0 fully saturated rings. The second kappa shape index (κ2) is 10.3. The standard InChI is InChI=1S/C24H28F2N4O4/c1-13(2)21(27-20(31)11-15-9-16(25)12-17(26)10-15)24(33)28-23-22(32)14(3)18-7-5-6-8-19(18)29(4)30(23)34/h5-10,12-14,21,23,30H,11H2,1-4H3,(H,27,31)(H,28,33)/t14?,21-,23?/m0/s1. The zero-order valence-electron chi connectivity index (χ0n) is 19.4. The highest BCUT2D eigenvalue weighted by molar-refractivity contribution is 5.96. The van der Waals surface area contributed by atoms with Gasteiger partial charge in [0.05, 0.1) is 25.1 Å². The number of rotatable bonds is 6. The van der Waals surface area contributed by atoms with E-state index in [1.165, 1.54) is 12.1 Å². The predicted octanol–water partition coefficient (Wildman–Crippen LogP) is 1.21. The molecule has 1 heterocycles. The summed E-state index contributed by atoms with van der Waals surface area (Å²) in [5, 5.41) is 18.9. The van der Waals surface area contributed by atoms with Gasteiger partial charge in [-0.15, -0.1) is 0 Å². The van der Waals surface area contributed by atoms with Gasteiger partial charge in [0.2, 0.25) is 23.8 Å². The molecule has 1 aliphatic rings. The van der Waals surface area contributed by atoms with Gasteiger partial charge in [-0.05, 0) is 35.2 Å². The van der Waals surface area contributed by atoms with Crippen molar-refractivity contribution in [3.8, 4) is 0 Å². The Morgan fingerprint density at radius 2 is 1.76 bits per heavy atom. The van der Waals surface area contributed by atoms with Crippen LogP contribution in [0.2, 0.25) is 0 Å². The van der Waals surface area contributed by atoms with Crippen LogP contribution in [0, 0.1) is 22.8 Å². The van der Waals surface area contributed by atoms with E-state index in [0.29, 0.717) is 17.3 Å². The third kappa shape index (κ3) is 5.40. The first-order valence-electron chi connectivity index (χ1n) is 10.9. The molecule has 3 rings (SSSR count). The molecule has 2 amide bonds. The fourth-order valence-corrected chi connectivity index (χ4v) is 4.02. The average Bonchev–Trinajstić information content (AvgIpc) is 2.83. The van der Waals surface area contributed by atoms with Crippen molar-refractivity contribution < 1.29 is 28.3 Å². The molecule has 0 bridgehead atoms. The number of fused-ring (bicyclic) bond motifs is 1. The molecule has 182 valence electrons. The summed E-state index contributed by atoms with van der Waals surface area (Å²) >= 11 is 0. The lowest BCUT2D eigenvalue weighted by molar-refractivity contribution is -0.874. The SMILES string of the molecule is CC1C(=O)C(NC(=O)[C@@H](NC(=O)Cc2cc(F)cc(F)c2)C(C)C)[NH+]([O-])N(C)c2ccccc21. The maximum atomic E-state index is 13.4. The number of para-hydroxylation sites is 1. The van der Waals surface area contributed by atoms with Gasteiger partial charge in [0.25, 0.3) is 0 Å². The molecule has 0 aromatic heterocycles. The van der Waals surface area contributed by atoms with Crippen molar-refractivity contribution in [2.45, 2.75) is 45.3 Å². The van der Waals surface area contributed by atoms with Crippen LogP contribution in [0.3, 0.4) is 0 Å². The lowest BCUT2D eigenvalue weighted by atomic mass is 9.94. The molecule has 0 aliphatic carbocycles. The largest absolute Gasteiger partial charge is 0.606 e. The summed E-state index contributed by atoms with van der Waals surface area (Å²) in [6.07, 6.45) is -1.77. The van der Waals surface area contributed by atoms with E-state index in [2.05, 4.69) is 10.6 Å². The van der Waals surface area contributed by atoms with Gasteiger partial charge in [-0.2, -0.15) is 0 Å². The molecule has 2 aromatic carbocycles. The first kappa shape index (κ1) is 25.3. The molecule has 0 saturated carbocycles. The van der Waals surface area contributed by atoms with E-state index < -0.39 is 58.4 Å². The molecule has 0 radical (unpaired) electrons. The highest BCUT2D eigenvalue weighted by Crippen LogP contribution is 2.28. The number of amides is 2. The number of Topliss-reactive ketones (excluding diaryl/α,β-unsaturated/α-hetero) is 1. The van der Waals surface area contributed by atoms with Crippen molar-refractivity contribution in [2.75, 3.05) is 12.1 Å². The molecule has 8 nitrogen and oxygen atoms in total. The number of hydrogen-bond donors (Lipinski definition) is 3. The third-order valence-electron chi connectivity index (χ3n) is 5.89. The Kier molecular flexibility index (Phi) is 7.63. The number of anilines is 1. The van der Waals surface area contributed by atoms with Gasteiger partial charge in [-0.1, -0.05) is 39.0 Å². The number of hydroxylamine groups is 1. The van der Waals surface area contributed by atoms with Crippen molar-refractivity contribution in [3.63, 3.8) is 0 Å². The quantitative estimate of drug-likeness (QED) is 0.546. The van der Waals surface area contributed by atoms with Gasteiger partial charge >= 0.3 is 0 Å². The lowest BCUT2D eigenvalue weighted by Crippen LogP contribution is -3.20. The Balaban J connectivity index is 1.76. The summed E-state index contributed by atoms with van der Waals surface area (Å²) in [5.41, 5.74) is 1.37. The second-order valence-electron chi connectivity index (χ2n) is 8.77. The zero-order chi connectivity index (χ0) is 25.2. The Labute approximate surface area is 196 Å². The molecule has 4 atom stereocenters. The Morgan fingerprint density at radius 1 is 1.15 bits per heavy atom. The van der Waals surface area contributed by atoms with E-state index in [9.17, 15) is 28.4 Å². The maximum Gasteiger partial charge on any atom is 0.247 e. The number of benzene rings is 2. The molecular formula is C24H28F2N4O4. The number of halogens is 2. The first-order chi connectivity index (χ1) is 16.0. The van der Waals surface area contributed by atoms with Crippen LogP contribution in [0.15, 0.2) is 42.5 Å². The minimum Gasteiger partial charge on any atom is -0.606 e. The number of carbonyl (C=O) groups is 3. The molecule has 34 heavy (non-hydrogen) atoms. The van der Waals surface area contributed by atoms with E-state index in [-0.39, 0.29) is 12.0 Å². The van der Waals surface area contributed by atoms with E-state index >= 15 is 0 Å². The average molecular weight is 475 g/mol. The molecule has 3 unspecified atom stereocenters. The summed E-state index contributed by atoms with van der Waals surface area (Å²) in [5.74, 6) is -4.44. The van der Waals surface area contributed by atoms with E-state index in [4.69, 9.17) is 0 Å². The van der Waals surface area contributed by atoms with Crippen LogP contribution in [0.4, 0.5) is 14.5 Å². The van der Waals surface area contributed by atoms with Crippen LogP contribution < -0.4 is 20.8 Å². The van der Waals surface area contributed by atoms with Crippen molar-refractivity contribution in [1.29, 1.82) is 0 Å². The smallest absolute Gasteiger partial charge is 0.247 e. The Bertz CT molecular complexity index is 1070. The zero-order valence-corrected chi connectivity index (χ0v) is 19.4. The molecule has 10 heteroatoms.